The van der Waals surface area contributed by atoms with Gasteiger partial charge in [-0.05, 0) is 25.0 Å². The summed E-state index contributed by atoms with van der Waals surface area (Å²) in [5, 5.41) is 0. The molecule has 1 saturated heterocycles. The molecule has 0 atom stereocenters. The van der Waals surface area contributed by atoms with Crippen molar-refractivity contribution >= 4 is 11.6 Å². The van der Waals surface area contributed by atoms with Crippen molar-refractivity contribution in [2.45, 2.75) is 19.3 Å². The Morgan fingerprint density at radius 3 is 2.71 bits per heavy atom. The molecule has 1 aliphatic rings. The van der Waals surface area contributed by atoms with E-state index in [0.29, 0.717) is 5.91 Å². The fourth-order valence-corrected chi connectivity index (χ4v) is 2.25. The van der Waals surface area contributed by atoms with E-state index in [0.717, 1.165) is 38.9 Å². The lowest BCUT2D eigenvalue weighted by Crippen LogP contribution is -2.29. The quantitative estimate of drug-likeness (QED) is 0.776. The Hall–Kier alpha value is -1.51. The monoisotopic (exact) mass is 232 g/mol. The fraction of sp³-hybridized carbons (Fsp3) is 0.500. The third-order valence-electron chi connectivity index (χ3n) is 3.29. The number of nitrogens with zero attached hydrogens (tertiary/aromatic N) is 2. The van der Waals surface area contributed by atoms with Gasteiger partial charge in [0.25, 0.3) is 0 Å². The van der Waals surface area contributed by atoms with Crippen LogP contribution in [-0.2, 0) is 4.79 Å². The number of anilines is 1. The number of carbonyl (C=O) groups excluding carboxylic acids is 1. The molecule has 0 spiro atoms. The van der Waals surface area contributed by atoms with Crippen LogP contribution in [0, 0.1) is 0 Å². The molecule has 1 amide bonds. The van der Waals surface area contributed by atoms with Gasteiger partial charge < -0.3 is 9.80 Å². The second kappa shape index (κ2) is 5.71. The average Bonchev–Trinajstić information content (AvgIpc) is 2.76. The van der Waals surface area contributed by atoms with Crippen LogP contribution in [0.5, 0.6) is 0 Å². The van der Waals surface area contributed by atoms with Crippen LogP contribution in [-0.4, -0.2) is 37.5 Å². The lowest BCUT2D eigenvalue weighted by Gasteiger charge is -2.21. The van der Waals surface area contributed by atoms with E-state index in [9.17, 15) is 4.79 Å². The van der Waals surface area contributed by atoms with Crippen molar-refractivity contribution in [1.29, 1.82) is 0 Å². The largest absolute Gasteiger partial charge is 0.375 e. The zero-order valence-corrected chi connectivity index (χ0v) is 10.4. The van der Waals surface area contributed by atoms with Crippen molar-refractivity contribution in [3.63, 3.8) is 0 Å². The van der Waals surface area contributed by atoms with E-state index in [1.807, 2.05) is 11.0 Å². The van der Waals surface area contributed by atoms with Gasteiger partial charge in [0.1, 0.15) is 0 Å². The Morgan fingerprint density at radius 1 is 1.29 bits per heavy atom. The normalized spacial score (nSPS) is 15.4. The van der Waals surface area contributed by atoms with Gasteiger partial charge in [-0.2, -0.15) is 0 Å². The number of hydrogen-bond acceptors (Lipinski definition) is 2. The third-order valence-corrected chi connectivity index (χ3v) is 3.29. The summed E-state index contributed by atoms with van der Waals surface area (Å²) in [5.41, 5.74) is 1.24. The summed E-state index contributed by atoms with van der Waals surface area (Å²) in [4.78, 5) is 15.7. The summed E-state index contributed by atoms with van der Waals surface area (Å²) in [7, 11) is 2.10. The van der Waals surface area contributed by atoms with Crippen molar-refractivity contribution in [2.75, 3.05) is 31.6 Å². The highest BCUT2D eigenvalue weighted by atomic mass is 16.2. The minimum atomic E-state index is 0.326. The van der Waals surface area contributed by atoms with E-state index >= 15 is 0 Å². The van der Waals surface area contributed by atoms with Crippen LogP contribution < -0.4 is 4.90 Å². The van der Waals surface area contributed by atoms with Gasteiger partial charge in [-0.15, -0.1) is 0 Å². The zero-order chi connectivity index (χ0) is 12.1. The molecular formula is C14H20N2O. The second-order valence-electron chi connectivity index (χ2n) is 4.59. The van der Waals surface area contributed by atoms with Gasteiger partial charge in [0.2, 0.25) is 5.91 Å². The maximum atomic E-state index is 11.4. The Balaban J connectivity index is 1.73. The first-order valence-electron chi connectivity index (χ1n) is 6.31. The van der Waals surface area contributed by atoms with Crippen LogP contribution in [0.3, 0.4) is 0 Å². The van der Waals surface area contributed by atoms with Crippen LogP contribution >= 0.6 is 0 Å². The molecule has 1 aliphatic heterocycles. The molecule has 92 valence electrons. The second-order valence-corrected chi connectivity index (χ2v) is 4.59. The van der Waals surface area contributed by atoms with Gasteiger partial charge in [0.05, 0.1) is 0 Å². The molecule has 0 bridgehead atoms. The van der Waals surface area contributed by atoms with E-state index in [1.165, 1.54) is 5.69 Å². The summed E-state index contributed by atoms with van der Waals surface area (Å²) in [5.74, 6) is 0.326. The molecule has 0 radical (unpaired) electrons. The van der Waals surface area contributed by atoms with E-state index < -0.39 is 0 Å². The molecule has 0 saturated carbocycles. The summed E-state index contributed by atoms with van der Waals surface area (Å²) >= 11 is 0. The minimum Gasteiger partial charge on any atom is -0.375 e. The van der Waals surface area contributed by atoms with Crippen molar-refractivity contribution < 1.29 is 4.79 Å². The predicted molar refractivity (Wildman–Crippen MR) is 70.1 cm³/mol. The maximum Gasteiger partial charge on any atom is 0.222 e. The van der Waals surface area contributed by atoms with Crippen LogP contribution in [0.25, 0.3) is 0 Å². The Kier molecular flexibility index (Phi) is 4.02. The highest BCUT2D eigenvalue weighted by Gasteiger charge is 2.19. The lowest BCUT2D eigenvalue weighted by atomic mass is 10.3. The van der Waals surface area contributed by atoms with E-state index in [1.54, 1.807) is 0 Å². The van der Waals surface area contributed by atoms with Gasteiger partial charge in [-0.25, -0.2) is 0 Å². The molecular weight excluding hydrogens is 212 g/mol. The molecule has 0 aliphatic carbocycles. The van der Waals surface area contributed by atoms with Crippen molar-refractivity contribution in [1.82, 2.24) is 4.90 Å². The fourth-order valence-electron chi connectivity index (χ4n) is 2.25. The average molecular weight is 232 g/mol. The number of amides is 1. The van der Waals surface area contributed by atoms with Gasteiger partial charge in [-0.3, -0.25) is 4.79 Å². The maximum absolute atomic E-state index is 11.4. The Bertz CT molecular complexity index is 364. The van der Waals surface area contributed by atoms with Crippen molar-refractivity contribution in [2.24, 2.45) is 0 Å². The highest BCUT2D eigenvalue weighted by Crippen LogP contribution is 2.13. The molecule has 3 heteroatoms. The molecule has 1 aromatic rings. The topological polar surface area (TPSA) is 23.6 Å². The molecule has 2 rings (SSSR count). The molecule has 1 aromatic carbocycles. The van der Waals surface area contributed by atoms with Gasteiger partial charge in [0.15, 0.2) is 0 Å². The summed E-state index contributed by atoms with van der Waals surface area (Å²) in [6.07, 6.45) is 2.82. The standard InChI is InChI=1S/C14H20N2O/c1-15(13-7-3-2-4-8-13)10-6-12-16-11-5-9-14(16)17/h2-4,7-8H,5-6,9-12H2,1H3. The first-order valence-corrected chi connectivity index (χ1v) is 6.31. The molecule has 1 fully saturated rings. The predicted octanol–water partition coefficient (Wildman–Crippen LogP) is 2.14. The summed E-state index contributed by atoms with van der Waals surface area (Å²) in [6, 6.07) is 10.4. The third kappa shape index (κ3) is 3.22. The number of benzene rings is 1. The number of carbonyl (C=O) groups is 1. The van der Waals surface area contributed by atoms with Crippen molar-refractivity contribution in [3.8, 4) is 0 Å². The molecule has 0 unspecified atom stereocenters. The summed E-state index contributed by atoms with van der Waals surface area (Å²) < 4.78 is 0. The Labute approximate surface area is 103 Å². The van der Waals surface area contributed by atoms with E-state index in [4.69, 9.17) is 0 Å². The first-order chi connectivity index (χ1) is 8.27. The molecule has 0 aromatic heterocycles. The number of rotatable bonds is 5. The molecule has 17 heavy (non-hydrogen) atoms. The van der Waals surface area contributed by atoms with Crippen LogP contribution in [0.2, 0.25) is 0 Å². The molecule has 0 N–H and O–H groups in total. The smallest absolute Gasteiger partial charge is 0.222 e. The number of para-hydroxylation sites is 1. The van der Waals surface area contributed by atoms with Crippen molar-refractivity contribution in [3.05, 3.63) is 30.3 Å². The van der Waals surface area contributed by atoms with Gasteiger partial charge in [0, 0.05) is 38.8 Å². The highest BCUT2D eigenvalue weighted by molar-refractivity contribution is 5.78. The first kappa shape index (κ1) is 12.0. The SMILES string of the molecule is CN(CCCN1CCCC1=O)c1ccccc1. The number of likely N-dealkylation sites (tertiary alicyclic amines) is 1. The zero-order valence-electron chi connectivity index (χ0n) is 10.4. The lowest BCUT2D eigenvalue weighted by molar-refractivity contribution is -0.127. The van der Waals surface area contributed by atoms with Crippen LogP contribution in [0.4, 0.5) is 5.69 Å². The van der Waals surface area contributed by atoms with E-state index in [2.05, 4.69) is 36.2 Å². The molecule has 1 heterocycles. The van der Waals surface area contributed by atoms with Gasteiger partial charge >= 0.3 is 0 Å². The van der Waals surface area contributed by atoms with Gasteiger partial charge in [-0.1, -0.05) is 18.2 Å². The van der Waals surface area contributed by atoms with Crippen LogP contribution in [0.15, 0.2) is 30.3 Å². The van der Waals surface area contributed by atoms with E-state index in [-0.39, 0.29) is 0 Å². The van der Waals surface area contributed by atoms with Crippen LogP contribution in [0.1, 0.15) is 19.3 Å². The number of hydrogen-bond donors (Lipinski definition) is 0. The minimum absolute atomic E-state index is 0.326. The molecule has 3 nitrogen and oxygen atoms in total. The summed E-state index contributed by atoms with van der Waals surface area (Å²) in [6.45, 7) is 2.84. The Morgan fingerprint density at radius 2 is 2.06 bits per heavy atom.